The van der Waals surface area contributed by atoms with Crippen LogP contribution in [0.5, 0.6) is 0 Å². The largest absolute Gasteiger partial charge is 0.388 e. The molecule has 27 heavy (non-hydrogen) atoms. The van der Waals surface area contributed by atoms with Gasteiger partial charge in [-0.1, -0.05) is 64.0 Å². The minimum Gasteiger partial charge on any atom is -0.388 e. The lowest BCUT2D eigenvalue weighted by Crippen LogP contribution is -2.40. The number of unbranched alkanes of at least 4 members (excludes halogenated alkanes) is 10. The summed E-state index contributed by atoms with van der Waals surface area (Å²) in [6.07, 6.45) is 16.1. The molecule has 5 nitrogen and oxygen atoms in total. The van der Waals surface area contributed by atoms with E-state index >= 15 is 0 Å². The van der Waals surface area contributed by atoms with Gasteiger partial charge in [-0.3, -0.25) is 0 Å². The van der Waals surface area contributed by atoms with Crippen LogP contribution in [0.4, 0.5) is 0 Å². The summed E-state index contributed by atoms with van der Waals surface area (Å²) in [5.41, 5.74) is 0. The molecule has 0 aromatic rings. The number of rotatable bonds is 17. The predicted octanol–water partition coefficient (Wildman–Crippen LogP) is 3.74. The summed E-state index contributed by atoms with van der Waals surface area (Å²) in [6.45, 7) is 3.07. The lowest BCUT2D eigenvalue weighted by atomic mass is 10.1. The Morgan fingerprint density at radius 2 is 1.52 bits per heavy atom. The first-order valence-electron chi connectivity index (χ1n) is 11.0. The van der Waals surface area contributed by atoms with E-state index in [1.807, 2.05) is 0 Å². The molecule has 0 radical (unpaired) electrons. The normalized spacial score (nSPS) is 24.1. The summed E-state index contributed by atoms with van der Waals surface area (Å²) in [7, 11) is 0. The van der Waals surface area contributed by atoms with E-state index < -0.39 is 24.4 Å². The van der Waals surface area contributed by atoms with Gasteiger partial charge in [0.05, 0.1) is 13.2 Å². The highest BCUT2D eigenvalue weighted by atomic mass is 16.5. The standard InChI is InChI=1S/C22H42O5/c1-2-3-4-5-6-7-8-9-10-11-12-13-14-15-16-26-17-20(24)22-21(25)19(23)18-27-22/h8-9,19-25H,2-7,10-18H2,1H3/b9-8+/t19-,20+,21-,22-/m1/s1. The minimum absolute atomic E-state index is 0.0665. The predicted molar refractivity (Wildman–Crippen MR) is 109 cm³/mol. The van der Waals surface area contributed by atoms with Gasteiger partial charge in [0.25, 0.3) is 0 Å². The molecule has 0 aromatic heterocycles. The second-order valence-corrected chi connectivity index (χ2v) is 7.73. The van der Waals surface area contributed by atoms with Gasteiger partial charge in [0.2, 0.25) is 0 Å². The van der Waals surface area contributed by atoms with E-state index in [1.54, 1.807) is 0 Å². The number of hydrogen-bond donors (Lipinski definition) is 3. The third-order valence-electron chi connectivity index (χ3n) is 5.16. The molecule has 1 aliphatic heterocycles. The lowest BCUT2D eigenvalue weighted by molar-refractivity contribution is -0.0813. The molecular weight excluding hydrogens is 344 g/mol. The van der Waals surface area contributed by atoms with Gasteiger partial charge in [-0.15, -0.1) is 0 Å². The first-order chi connectivity index (χ1) is 13.2. The van der Waals surface area contributed by atoms with Crippen LogP contribution in [0.15, 0.2) is 12.2 Å². The molecule has 0 aromatic carbocycles. The third-order valence-corrected chi connectivity index (χ3v) is 5.16. The maximum atomic E-state index is 9.92. The molecule has 0 unspecified atom stereocenters. The van der Waals surface area contributed by atoms with Gasteiger partial charge >= 0.3 is 0 Å². The molecule has 0 saturated carbocycles. The summed E-state index contributed by atoms with van der Waals surface area (Å²) in [6, 6.07) is 0. The van der Waals surface area contributed by atoms with Crippen LogP contribution in [-0.4, -0.2) is 59.6 Å². The van der Waals surface area contributed by atoms with Crippen molar-refractivity contribution in [1.29, 1.82) is 0 Å². The summed E-state index contributed by atoms with van der Waals surface area (Å²) < 4.78 is 10.6. The topological polar surface area (TPSA) is 79.2 Å². The Labute approximate surface area is 165 Å². The Kier molecular flexibility index (Phi) is 15.0. The second-order valence-electron chi connectivity index (χ2n) is 7.73. The van der Waals surface area contributed by atoms with Gasteiger partial charge in [0, 0.05) is 6.61 Å². The van der Waals surface area contributed by atoms with E-state index in [9.17, 15) is 15.3 Å². The molecule has 3 N–H and O–H groups in total. The van der Waals surface area contributed by atoms with Crippen molar-refractivity contribution in [1.82, 2.24) is 0 Å². The molecule has 1 rings (SSSR count). The number of ether oxygens (including phenoxy) is 2. The van der Waals surface area contributed by atoms with Crippen LogP contribution in [0.2, 0.25) is 0 Å². The third kappa shape index (κ3) is 11.9. The van der Waals surface area contributed by atoms with E-state index in [1.165, 1.54) is 64.2 Å². The van der Waals surface area contributed by atoms with Crippen LogP contribution in [0.1, 0.15) is 84.0 Å². The summed E-state index contributed by atoms with van der Waals surface area (Å²) in [4.78, 5) is 0. The zero-order valence-corrected chi connectivity index (χ0v) is 17.2. The molecule has 1 aliphatic rings. The maximum absolute atomic E-state index is 9.92. The van der Waals surface area contributed by atoms with Crippen molar-refractivity contribution in [2.24, 2.45) is 0 Å². The van der Waals surface area contributed by atoms with E-state index in [0.717, 1.165) is 12.8 Å². The molecule has 1 saturated heterocycles. The lowest BCUT2D eigenvalue weighted by Gasteiger charge is -2.20. The first-order valence-corrected chi connectivity index (χ1v) is 11.0. The van der Waals surface area contributed by atoms with Crippen molar-refractivity contribution in [3.05, 3.63) is 12.2 Å². The molecule has 1 fully saturated rings. The molecule has 1 heterocycles. The molecule has 0 spiro atoms. The van der Waals surface area contributed by atoms with Gasteiger partial charge in [-0.2, -0.15) is 0 Å². The number of hydrogen-bond acceptors (Lipinski definition) is 5. The van der Waals surface area contributed by atoms with E-state index in [2.05, 4.69) is 19.1 Å². The van der Waals surface area contributed by atoms with Crippen molar-refractivity contribution >= 4 is 0 Å². The Morgan fingerprint density at radius 1 is 0.926 bits per heavy atom. The monoisotopic (exact) mass is 386 g/mol. The highest BCUT2D eigenvalue weighted by molar-refractivity contribution is 4.87. The summed E-state index contributed by atoms with van der Waals surface area (Å²) in [5, 5.41) is 29.0. The Bertz CT molecular complexity index is 361. The van der Waals surface area contributed by atoms with Gasteiger partial charge in [-0.25, -0.2) is 0 Å². The van der Waals surface area contributed by atoms with Crippen molar-refractivity contribution in [3.8, 4) is 0 Å². The minimum atomic E-state index is -1.03. The van der Waals surface area contributed by atoms with Crippen LogP contribution in [0.25, 0.3) is 0 Å². The Balaban J connectivity index is 1.81. The Hall–Kier alpha value is -0.460. The van der Waals surface area contributed by atoms with Crippen LogP contribution < -0.4 is 0 Å². The highest BCUT2D eigenvalue weighted by Gasteiger charge is 2.39. The average molecular weight is 387 g/mol. The molecule has 5 heteroatoms. The molecule has 0 aliphatic carbocycles. The zero-order chi connectivity index (χ0) is 19.7. The Morgan fingerprint density at radius 3 is 2.11 bits per heavy atom. The van der Waals surface area contributed by atoms with E-state index in [0.29, 0.717) is 6.61 Å². The first kappa shape index (κ1) is 24.6. The SMILES string of the molecule is CCCCCCC/C=C/CCCCCCCOC[C@H](O)[C@H]1OC[C@@H](O)[C@H]1O. The van der Waals surface area contributed by atoms with Crippen molar-refractivity contribution in [2.45, 2.75) is 108 Å². The van der Waals surface area contributed by atoms with Gasteiger partial charge in [0.1, 0.15) is 24.4 Å². The second kappa shape index (κ2) is 16.5. The fraction of sp³-hybridized carbons (Fsp3) is 0.909. The molecule has 0 amide bonds. The molecular formula is C22H42O5. The summed E-state index contributed by atoms with van der Waals surface area (Å²) in [5.74, 6) is 0. The van der Waals surface area contributed by atoms with Crippen LogP contribution in [-0.2, 0) is 9.47 Å². The maximum Gasteiger partial charge on any atom is 0.114 e. The smallest absolute Gasteiger partial charge is 0.114 e. The fourth-order valence-electron chi connectivity index (χ4n) is 3.36. The number of aliphatic hydroxyl groups excluding tert-OH is 3. The van der Waals surface area contributed by atoms with Crippen LogP contribution in [0.3, 0.4) is 0 Å². The van der Waals surface area contributed by atoms with Crippen LogP contribution in [0, 0.1) is 0 Å². The molecule has 0 bridgehead atoms. The van der Waals surface area contributed by atoms with E-state index in [-0.39, 0.29) is 13.2 Å². The van der Waals surface area contributed by atoms with Crippen molar-refractivity contribution < 1.29 is 24.8 Å². The van der Waals surface area contributed by atoms with Gasteiger partial charge < -0.3 is 24.8 Å². The zero-order valence-electron chi connectivity index (χ0n) is 17.2. The number of aliphatic hydroxyl groups is 3. The average Bonchev–Trinajstić information content (AvgIpc) is 3.00. The van der Waals surface area contributed by atoms with Crippen molar-refractivity contribution in [2.75, 3.05) is 19.8 Å². The molecule has 160 valence electrons. The summed E-state index contributed by atoms with van der Waals surface area (Å²) >= 11 is 0. The fourth-order valence-corrected chi connectivity index (χ4v) is 3.36. The highest BCUT2D eigenvalue weighted by Crippen LogP contribution is 2.18. The van der Waals surface area contributed by atoms with Gasteiger partial charge in [-0.05, 0) is 32.1 Å². The molecule has 4 atom stereocenters. The van der Waals surface area contributed by atoms with Gasteiger partial charge in [0.15, 0.2) is 0 Å². The van der Waals surface area contributed by atoms with E-state index in [4.69, 9.17) is 9.47 Å². The quantitative estimate of drug-likeness (QED) is 0.262. The van der Waals surface area contributed by atoms with Crippen molar-refractivity contribution in [3.63, 3.8) is 0 Å². The number of allylic oxidation sites excluding steroid dienone is 2. The van der Waals surface area contributed by atoms with Crippen LogP contribution >= 0.6 is 0 Å².